The van der Waals surface area contributed by atoms with Crippen molar-refractivity contribution in [3.8, 4) is 0 Å². The van der Waals surface area contributed by atoms with Crippen LogP contribution in [0.3, 0.4) is 0 Å². The molecule has 0 aromatic heterocycles. The fourth-order valence-electron chi connectivity index (χ4n) is 2.28. The number of rotatable bonds is 2. The normalized spacial score (nSPS) is 17.8. The van der Waals surface area contributed by atoms with Crippen LogP contribution >= 0.6 is 15.9 Å². The van der Waals surface area contributed by atoms with Crippen LogP contribution in [0.15, 0.2) is 22.7 Å². The largest absolute Gasteiger partial charge is 0.371 e. The smallest absolute Gasteiger partial charge is 0.0412 e. The van der Waals surface area contributed by atoms with Crippen molar-refractivity contribution in [3.05, 3.63) is 28.2 Å². The highest BCUT2D eigenvalue weighted by atomic mass is 79.9. The van der Waals surface area contributed by atoms with Gasteiger partial charge in [0, 0.05) is 29.8 Å². The summed E-state index contributed by atoms with van der Waals surface area (Å²) in [6.07, 6.45) is 2.58. The summed E-state index contributed by atoms with van der Waals surface area (Å²) in [7, 11) is 0. The molecule has 0 saturated carbocycles. The summed E-state index contributed by atoms with van der Waals surface area (Å²) in [6, 6.07) is 6.42. The van der Waals surface area contributed by atoms with Crippen LogP contribution in [0.1, 0.15) is 25.3 Å². The van der Waals surface area contributed by atoms with Gasteiger partial charge in [-0.05, 0) is 42.5 Å². The zero-order chi connectivity index (χ0) is 11.5. The monoisotopic (exact) mass is 282 g/mol. The SMILES string of the molecule is CC1CCN(c2ccc(Br)cc2CN)CC1. The molecule has 0 amide bonds. The Bertz CT molecular complexity index is 357. The lowest BCUT2D eigenvalue weighted by Crippen LogP contribution is -2.33. The average Bonchev–Trinajstić information content (AvgIpc) is 2.30. The first-order chi connectivity index (χ1) is 7.70. The molecule has 1 fully saturated rings. The van der Waals surface area contributed by atoms with E-state index in [1.807, 2.05) is 0 Å². The first kappa shape index (κ1) is 11.9. The first-order valence-electron chi connectivity index (χ1n) is 5.94. The number of anilines is 1. The average molecular weight is 283 g/mol. The van der Waals surface area contributed by atoms with Crippen molar-refractivity contribution < 1.29 is 0 Å². The molecule has 1 heterocycles. The third-order valence-electron chi connectivity index (χ3n) is 3.39. The number of hydrogen-bond acceptors (Lipinski definition) is 2. The summed E-state index contributed by atoms with van der Waals surface area (Å²) >= 11 is 3.50. The third-order valence-corrected chi connectivity index (χ3v) is 3.88. The van der Waals surface area contributed by atoms with E-state index in [0.29, 0.717) is 6.54 Å². The van der Waals surface area contributed by atoms with Crippen molar-refractivity contribution in [2.24, 2.45) is 11.7 Å². The second-order valence-corrected chi connectivity index (χ2v) is 5.56. The highest BCUT2D eigenvalue weighted by Crippen LogP contribution is 2.28. The zero-order valence-electron chi connectivity index (χ0n) is 9.75. The second-order valence-electron chi connectivity index (χ2n) is 4.65. The predicted molar refractivity (Wildman–Crippen MR) is 72.6 cm³/mol. The molecule has 1 aromatic rings. The van der Waals surface area contributed by atoms with Crippen LogP contribution in [0.4, 0.5) is 5.69 Å². The van der Waals surface area contributed by atoms with E-state index >= 15 is 0 Å². The predicted octanol–water partition coefficient (Wildman–Crippen LogP) is 3.14. The topological polar surface area (TPSA) is 29.3 Å². The fourth-order valence-corrected chi connectivity index (χ4v) is 2.68. The van der Waals surface area contributed by atoms with E-state index in [1.54, 1.807) is 0 Å². The van der Waals surface area contributed by atoms with Gasteiger partial charge in [-0.2, -0.15) is 0 Å². The van der Waals surface area contributed by atoms with Gasteiger partial charge in [0.15, 0.2) is 0 Å². The minimum atomic E-state index is 0.612. The van der Waals surface area contributed by atoms with Crippen molar-refractivity contribution in [2.75, 3.05) is 18.0 Å². The molecule has 2 N–H and O–H groups in total. The molecule has 0 atom stereocenters. The van der Waals surface area contributed by atoms with Gasteiger partial charge >= 0.3 is 0 Å². The molecule has 0 aliphatic carbocycles. The molecule has 0 radical (unpaired) electrons. The molecule has 0 unspecified atom stereocenters. The maximum Gasteiger partial charge on any atom is 0.0412 e. The Balaban J connectivity index is 2.19. The van der Waals surface area contributed by atoms with Crippen molar-refractivity contribution in [1.82, 2.24) is 0 Å². The van der Waals surface area contributed by atoms with Gasteiger partial charge in [-0.1, -0.05) is 22.9 Å². The van der Waals surface area contributed by atoms with E-state index in [0.717, 1.165) is 23.5 Å². The lowest BCUT2D eigenvalue weighted by molar-refractivity contribution is 0.438. The Kier molecular flexibility index (Phi) is 3.87. The summed E-state index contributed by atoms with van der Waals surface area (Å²) in [5, 5.41) is 0. The van der Waals surface area contributed by atoms with E-state index < -0.39 is 0 Å². The third kappa shape index (κ3) is 2.58. The van der Waals surface area contributed by atoms with Crippen molar-refractivity contribution in [2.45, 2.75) is 26.3 Å². The number of piperidine rings is 1. The molecule has 1 aromatic carbocycles. The van der Waals surface area contributed by atoms with E-state index in [4.69, 9.17) is 5.73 Å². The zero-order valence-corrected chi connectivity index (χ0v) is 11.3. The summed E-state index contributed by atoms with van der Waals surface area (Å²) in [5.74, 6) is 0.869. The van der Waals surface area contributed by atoms with Crippen LogP contribution in [0, 0.1) is 5.92 Å². The Morgan fingerprint density at radius 2 is 2.06 bits per heavy atom. The lowest BCUT2D eigenvalue weighted by Gasteiger charge is -2.33. The van der Waals surface area contributed by atoms with E-state index in [9.17, 15) is 0 Å². The van der Waals surface area contributed by atoms with Crippen LogP contribution in [-0.2, 0) is 6.54 Å². The Hall–Kier alpha value is -0.540. The standard InChI is InChI=1S/C13H19BrN2/c1-10-4-6-16(7-5-10)13-3-2-12(14)8-11(13)9-15/h2-3,8,10H,4-7,9,15H2,1H3. The van der Waals surface area contributed by atoms with Gasteiger partial charge in [0.2, 0.25) is 0 Å². The highest BCUT2D eigenvalue weighted by molar-refractivity contribution is 9.10. The maximum atomic E-state index is 5.81. The maximum absolute atomic E-state index is 5.81. The number of nitrogens with zero attached hydrogens (tertiary/aromatic N) is 1. The molecule has 2 rings (SSSR count). The van der Waals surface area contributed by atoms with Crippen LogP contribution in [0.5, 0.6) is 0 Å². The van der Waals surface area contributed by atoms with E-state index in [1.165, 1.54) is 24.1 Å². The van der Waals surface area contributed by atoms with E-state index in [2.05, 4.69) is 46.0 Å². The molecule has 88 valence electrons. The Morgan fingerprint density at radius 1 is 1.38 bits per heavy atom. The summed E-state index contributed by atoms with van der Waals surface area (Å²) in [6.45, 7) is 5.27. The molecule has 0 bridgehead atoms. The molecule has 16 heavy (non-hydrogen) atoms. The molecule has 1 saturated heterocycles. The number of nitrogens with two attached hydrogens (primary N) is 1. The first-order valence-corrected chi connectivity index (χ1v) is 6.73. The van der Waals surface area contributed by atoms with Crippen LogP contribution in [0.25, 0.3) is 0 Å². The van der Waals surface area contributed by atoms with Gasteiger partial charge < -0.3 is 10.6 Å². The summed E-state index contributed by atoms with van der Waals surface area (Å²) < 4.78 is 1.11. The fraction of sp³-hybridized carbons (Fsp3) is 0.538. The molecule has 1 aliphatic heterocycles. The molecular formula is C13H19BrN2. The molecule has 3 heteroatoms. The van der Waals surface area contributed by atoms with Gasteiger partial charge in [0.1, 0.15) is 0 Å². The van der Waals surface area contributed by atoms with Gasteiger partial charge in [0.25, 0.3) is 0 Å². The quantitative estimate of drug-likeness (QED) is 0.903. The molecule has 2 nitrogen and oxygen atoms in total. The van der Waals surface area contributed by atoms with Crippen molar-refractivity contribution in [1.29, 1.82) is 0 Å². The summed E-state index contributed by atoms with van der Waals surface area (Å²) in [4.78, 5) is 2.47. The van der Waals surface area contributed by atoms with Gasteiger partial charge in [-0.25, -0.2) is 0 Å². The Morgan fingerprint density at radius 3 is 2.69 bits per heavy atom. The minimum Gasteiger partial charge on any atom is -0.371 e. The second kappa shape index (κ2) is 5.19. The lowest BCUT2D eigenvalue weighted by atomic mass is 9.98. The molecular weight excluding hydrogens is 264 g/mol. The van der Waals surface area contributed by atoms with Crippen molar-refractivity contribution >= 4 is 21.6 Å². The van der Waals surface area contributed by atoms with Gasteiger partial charge in [-0.3, -0.25) is 0 Å². The Labute approximate surface area is 106 Å². The minimum absolute atomic E-state index is 0.612. The molecule has 1 aliphatic rings. The number of benzene rings is 1. The highest BCUT2D eigenvalue weighted by Gasteiger charge is 2.17. The van der Waals surface area contributed by atoms with Crippen LogP contribution in [0.2, 0.25) is 0 Å². The number of halogens is 1. The van der Waals surface area contributed by atoms with E-state index in [-0.39, 0.29) is 0 Å². The van der Waals surface area contributed by atoms with Crippen molar-refractivity contribution in [3.63, 3.8) is 0 Å². The number of hydrogen-bond donors (Lipinski definition) is 1. The van der Waals surface area contributed by atoms with Gasteiger partial charge in [0.05, 0.1) is 0 Å². The van der Waals surface area contributed by atoms with Gasteiger partial charge in [-0.15, -0.1) is 0 Å². The molecule has 0 spiro atoms. The van der Waals surface area contributed by atoms with Crippen LogP contribution < -0.4 is 10.6 Å². The van der Waals surface area contributed by atoms with Crippen LogP contribution in [-0.4, -0.2) is 13.1 Å². The summed E-state index contributed by atoms with van der Waals surface area (Å²) in [5.41, 5.74) is 8.36.